The van der Waals surface area contributed by atoms with Crippen molar-refractivity contribution in [2.45, 2.75) is 251 Å². The summed E-state index contributed by atoms with van der Waals surface area (Å²) in [5.74, 6) is 24.1. The Labute approximate surface area is 373 Å². The van der Waals surface area contributed by atoms with E-state index in [2.05, 4.69) is 37.5 Å². The number of aliphatic hydroxyl groups excluding tert-OH is 2. The van der Waals surface area contributed by atoms with Gasteiger partial charge >= 0.3 is 0 Å². The summed E-state index contributed by atoms with van der Waals surface area (Å²) in [6.45, 7) is 6.02. The molecule has 0 spiro atoms. The van der Waals surface area contributed by atoms with Crippen LogP contribution in [0.2, 0.25) is 0 Å². The van der Waals surface area contributed by atoms with Gasteiger partial charge in [-0.3, -0.25) is 0 Å². The summed E-state index contributed by atoms with van der Waals surface area (Å²) in [5, 5.41) is 18.9. The van der Waals surface area contributed by atoms with Crippen LogP contribution in [0.5, 0.6) is 0 Å². The van der Waals surface area contributed by atoms with Crippen LogP contribution in [0.15, 0.2) is 0 Å². The first-order valence-corrected chi connectivity index (χ1v) is 27.4. The second kappa shape index (κ2) is 30.2. The Kier molecular flexibility index (Phi) is 25.2. The fraction of sp³-hybridized carbons (Fsp3) is 0.930. The van der Waals surface area contributed by atoms with Gasteiger partial charge in [0.15, 0.2) is 0 Å². The van der Waals surface area contributed by atoms with E-state index in [1.165, 1.54) is 205 Å². The van der Waals surface area contributed by atoms with Crippen LogP contribution in [0.25, 0.3) is 0 Å². The molecule has 0 heterocycles. The third kappa shape index (κ3) is 19.0. The van der Waals surface area contributed by atoms with Gasteiger partial charge < -0.3 is 14.9 Å². The van der Waals surface area contributed by atoms with E-state index in [9.17, 15) is 10.2 Å². The lowest BCUT2D eigenvalue weighted by Crippen LogP contribution is -2.28. The van der Waals surface area contributed by atoms with E-state index in [-0.39, 0.29) is 6.61 Å². The molecule has 5 aliphatic carbocycles. The highest BCUT2D eigenvalue weighted by Crippen LogP contribution is 2.44. The highest BCUT2D eigenvalue weighted by molar-refractivity contribution is 5.14. The van der Waals surface area contributed by atoms with Gasteiger partial charge in [-0.25, -0.2) is 0 Å². The first-order chi connectivity index (χ1) is 29.5. The number of rotatable bonds is 24. The standard InChI is InChI=1S/C57H98O3/c1-3-5-7-9-11-13-17-46-22-32-51(33-23-46)53-36-26-48(27-37-53)20-21-50-31-41-55(56(43-50)45-60-42-16-15-19-57(59)44-58)40-30-49-28-38-54(39-29-49)52-34-24-47(25-35-52)18-14-12-10-8-6-4-2/h46-59H,3-19,22-29,31-39,41-45H2,1-2H3. The average molecular weight is 831 g/mol. The average Bonchev–Trinajstić information content (AvgIpc) is 3.29. The molecule has 0 aromatic carbocycles. The van der Waals surface area contributed by atoms with Gasteiger partial charge in [0.2, 0.25) is 0 Å². The molecule has 3 heteroatoms. The number of hydrogen-bond donors (Lipinski definition) is 2. The van der Waals surface area contributed by atoms with Crippen LogP contribution < -0.4 is 0 Å². The van der Waals surface area contributed by atoms with Crippen molar-refractivity contribution < 1.29 is 14.9 Å². The molecule has 0 saturated heterocycles. The normalized spacial score (nSPS) is 33.0. The van der Waals surface area contributed by atoms with Crippen LogP contribution in [0.1, 0.15) is 245 Å². The number of hydrogen-bond acceptors (Lipinski definition) is 3. The summed E-state index contributed by atoms with van der Waals surface area (Å²) in [5.41, 5.74) is 0. The molecule has 0 aromatic heterocycles. The van der Waals surface area contributed by atoms with Crippen LogP contribution >= 0.6 is 0 Å². The van der Waals surface area contributed by atoms with Crippen molar-refractivity contribution in [1.82, 2.24) is 0 Å². The molecule has 0 bridgehead atoms. The maximum atomic E-state index is 9.75. The Balaban J connectivity index is 1.01. The second-order valence-corrected chi connectivity index (χ2v) is 21.8. The summed E-state index contributed by atoms with van der Waals surface area (Å²) in [6, 6.07) is 0. The molecule has 4 atom stereocenters. The highest BCUT2D eigenvalue weighted by atomic mass is 16.5. The summed E-state index contributed by atoms with van der Waals surface area (Å²) in [6.07, 6.45) is 48.6. The van der Waals surface area contributed by atoms with Crippen LogP contribution in [-0.4, -0.2) is 36.1 Å². The Morgan fingerprint density at radius 2 is 0.900 bits per heavy atom. The molecule has 0 aromatic rings. The van der Waals surface area contributed by atoms with Crippen LogP contribution in [0.4, 0.5) is 0 Å². The van der Waals surface area contributed by atoms with Crippen LogP contribution in [0.3, 0.4) is 0 Å². The molecular weight excluding hydrogens is 733 g/mol. The molecule has 0 amide bonds. The van der Waals surface area contributed by atoms with Gasteiger partial charge in [-0.05, 0) is 157 Å². The van der Waals surface area contributed by atoms with Gasteiger partial charge in [0, 0.05) is 30.3 Å². The summed E-state index contributed by atoms with van der Waals surface area (Å²) in [7, 11) is 0. The topological polar surface area (TPSA) is 49.7 Å². The van der Waals surface area contributed by atoms with E-state index in [0.717, 1.165) is 68.0 Å². The quantitative estimate of drug-likeness (QED) is 0.0752. The summed E-state index contributed by atoms with van der Waals surface area (Å²) < 4.78 is 6.34. The van der Waals surface area contributed by atoms with Gasteiger partial charge in [-0.15, -0.1) is 0 Å². The van der Waals surface area contributed by atoms with Crippen molar-refractivity contribution in [3.63, 3.8) is 0 Å². The maximum absolute atomic E-state index is 9.75. The predicted molar refractivity (Wildman–Crippen MR) is 255 cm³/mol. The molecule has 0 aliphatic heterocycles. The molecule has 344 valence electrons. The molecule has 5 aliphatic rings. The second-order valence-electron chi connectivity index (χ2n) is 21.8. The zero-order chi connectivity index (χ0) is 42.0. The summed E-state index contributed by atoms with van der Waals surface area (Å²) in [4.78, 5) is 0. The highest BCUT2D eigenvalue weighted by Gasteiger charge is 2.33. The van der Waals surface area contributed by atoms with Gasteiger partial charge in [0.05, 0.1) is 19.3 Å². The molecule has 5 saturated carbocycles. The van der Waals surface area contributed by atoms with E-state index in [4.69, 9.17) is 4.74 Å². The molecule has 60 heavy (non-hydrogen) atoms. The Morgan fingerprint density at radius 3 is 1.40 bits per heavy atom. The Hall–Kier alpha value is -1.00. The van der Waals surface area contributed by atoms with E-state index in [1.54, 1.807) is 0 Å². The fourth-order valence-electron chi connectivity index (χ4n) is 12.9. The van der Waals surface area contributed by atoms with Crippen molar-refractivity contribution in [2.75, 3.05) is 19.8 Å². The molecule has 0 radical (unpaired) electrons. The maximum Gasteiger partial charge on any atom is 0.0771 e. The molecule has 5 rings (SSSR count). The smallest absolute Gasteiger partial charge is 0.0771 e. The van der Waals surface area contributed by atoms with Gasteiger partial charge in [0.25, 0.3) is 0 Å². The first-order valence-electron chi connectivity index (χ1n) is 27.4. The molecule has 4 unspecified atom stereocenters. The lowest BCUT2D eigenvalue weighted by molar-refractivity contribution is 0.0566. The largest absolute Gasteiger partial charge is 0.394 e. The van der Waals surface area contributed by atoms with E-state index >= 15 is 0 Å². The zero-order valence-electron chi connectivity index (χ0n) is 39.8. The molecule has 3 nitrogen and oxygen atoms in total. The number of ether oxygens (including phenoxy) is 1. The van der Waals surface area contributed by atoms with Gasteiger partial charge in [0.1, 0.15) is 0 Å². The van der Waals surface area contributed by atoms with Crippen molar-refractivity contribution in [3.8, 4) is 23.7 Å². The first kappa shape index (κ1) is 50.0. The molecule has 2 N–H and O–H groups in total. The minimum atomic E-state index is -0.596. The van der Waals surface area contributed by atoms with Gasteiger partial charge in [-0.1, -0.05) is 153 Å². The lowest BCUT2D eigenvalue weighted by Gasteiger charge is -2.37. The molecular formula is C57H98O3. The van der Waals surface area contributed by atoms with E-state index in [1.807, 2.05) is 0 Å². The molecule has 5 fully saturated rings. The minimum absolute atomic E-state index is 0.143. The van der Waals surface area contributed by atoms with Crippen molar-refractivity contribution >= 4 is 0 Å². The van der Waals surface area contributed by atoms with Gasteiger partial charge in [-0.2, -0.15) is 0 Å². The Bertz CT molecular complexity index is 1190. The van der Waals surface area contributed by atoms with Crippen LogP contribution in [-0.2, 0) is 4.74 Å². The minimum Gasteiger partial charge on any atom is -0.394 e. The van der Waals surface area contributed by atoms with E-state index in [0.29, 0.717) is 36.0 Å². The monoisotopic (exact) mass is 831 g/mol. The lowest BCUT2D eigenvalue weighted by atomic mass is 9.68. The van der Waals surface area contributed by atoms with Crippen molar-refractivity contribution in [2.24, 2.45) is 65.1 Å². The predicted octanol–water partition coefficient (Wildman–Crippen LogP) is 15.3. The SMILES string of the molecule is CCCCCCCCC1CCC(C2CCC(C#CC3CCC(C#CC4CCC(C5CCC(CCCCCCCC)CC5)CC4)C(COCCCCC(O)CO)C3)CC2)CC1. The zero-order valence-corrected chi connectivity index (χ0v) is 39.8. The third-order valence-electron chi connectivity index (χ3n) is 17.2. The third-order valence-corrected chi connectivity index (χ3v) is 17.2. The van der Waals surface area contributed by atoms with Crippen LogP contribution in [0, 0.1) is 88.8 Å². The van der Waals surface area contributed by atoms with Crippen molar-refractivity contribution in [3.05, 3.63) is 0 Å². The van der Waals surface area contributed by atoms with E-state index < -0.39 is 6.10 Å². The van der Waals surface area contributed by atoms with Crippen molar-refractivity contribution in [1.29, 1.82) is 0 Å². The summed E-state index contributed by atoms with van der Waals surface area (Å²) >= 11 is 0. The number of aliphatic hydroxyl groups is 2. The fourth-order valence-corrected chi connectivity index (χ4v) is 12.9. The number of unbranched alkanes of at least 4 members (excludes halogenated alkanes) is 11. The Morgan fingerprint density at radius 1 is 0.467 bits per heavy atom.